The van der Waals surface area contributed by atoms with E-state index in [2.05, 4.69) is 20.4 Å². The molecule has 0 aromatic carbocycles. The van der Waals surface area contributed by atoms with Crippen molar-refractivity contribution in [2.45, 2.75) is 31.4 Å². The minimum atomic E-state index is 0.588. The van der Waals surface area contributed by atoms with Gasteiger partial charge in [-0.15, -0.1) is 6.58 Å². The zero-order valence-electron chi connectivity index (χ0n) is 6.81. The van der Waals surface area contributed by atoms with Crippen LogP contribution in [-0.4, -0.2) is 11.0 Å². The highest BCUT2D eigenvalue weighted by atomic mass is 32.2. The highest BCUT2D eigenvalue weighted by Gasteiger charge is 1.98. The first kappa shape index (κ1) is 10.1. The topological polar surface area (TPSA) is 0 Å². The van der Waals surface area contributed by atoms with Gasteiger partial charge in [0, 0.05) is 5.25 Å². The van der Waals surface area contributed by atoms with E-state index in [9.17, 15) is 0 Å². The summed E-state index contributed by atoms with van der Waals surface area (Å²) >= 11 is 1.94. The average Bonchev–Trinajstić information content (AvgIpc) is 1.89. The summed E-state index contributed by atoms with van der Waals surface area (Å²) in [6.45, 7) is 9.88. The maximum atomic E-state index is 4.03. The van der Waals surface area contributed by atoms with Crippen molar-refractivity contribution in [1.29, 1.82) is 0 Å². The molecule has 59 valence electrons. The van der Waals surface area contributed by atoms with Crippen molar-refractivity contribution < 1.29 is 0 Å². The van der Waals surface area contributed by atoms with E-state index in [4.69, 9.17) is 0 Å². The second kappa shape index (κ2) is 7.20. The Kier molecular flexibility index (Phi) is 7.26. The van der Waals surface area contributed by atoms with Crippen LogP contribution in [0.5, 0.6) is 0 Å². The Morgan fingerprint density at radius 2 is 2.30 bits per heavy atom. The van der Waals surface area contributed by atoms with Crippen molar-refractivity contribution in [2.24, 2.45) is 0 Å². The molecule has 1 radical (unpaired) electrons. The standard InChI is InChI=1S/C9H17S/c1-4-6-7-8-9(3)10-5-2/h4,9H,1,3,5-8H2,2H3. The molecule has 0 bridgehead atoms. The highest BCUT2D eigenvalue weighted by Crippen LogP contribution is 2.15. The summed E-state index contributed by atoms with van der Waals surface area (Å²) in [5.74, 6) is 1.18. The molecule has 0 fully saturated rings. The number of allylic oxidation sites excluding steroid dienone is 1. The Balaban J connectivity index is 3.04. The zero-order chi connectivity index (χ0) is 7.82. The largest absolute Gasteiger partial charge is 0.159 e. The quantitative estimate of drug-likeness (QED) is 0.421. The smallest absolute Gasteiger partial charge is 0.00474 e. The summed E-state index contributed by atoms with van der Waals surface area (Å²) in [6, 6.07) is 0. The second-order valence-electron chi connectivity index (χ2n) is 2.30. The van der Waals surface area contributed by atoms with Gasteiger partial charge in [0.05, 0.1) is 0 Å². The molecule has 0 spiro atoms. The van der Waals surface area contributed by atoms with E-state index in [1.54, 1.807) is 0 Å². The molecule has 10 heavy (non-hydrogen) atoms. The van der Waals surface area contributed by atoms with Crippen LogP contribution < -0.4 is 0 Å². The normalized spacial score (nSPS) is 13.0. The van der Waals surface area contributed by atoms with Crippen LogP contribution in [-0.2, 0) is 0 Å². The molecule has 0 aliphatic rings. The van der Waals surface area contributed by atoms with Crippen molar-refractivity contribution in [3.63, 3.8) is 0 Å². The predicted molar refractivity (Wildman–Crippen MR) is 51.3 cm³/mol. The van der Waals surface area contributed by atoms with Gasteiger partial charge in [-0.3, -0.25) is 0 Å². The van der Waals surface area contributed by atoms with E-state index in [-0.39, 0.29) is 0 Å². The summed E-state index contributed by atoms with van der Waals surface area (Å²) in [7, 11) is 0. The summed E-state index contributed by atoms with van der Waals surface area (Å²) in [6.07, 6.45) is 5.58. The third-order valence-corrected chi connectivity index (χ3v) is 2.38. The van der Waals surface area contributed by atoms with Crippen LogP contribution >= 0.6 is 11.8 Å². The first-order valence-corrected chi connectivity index (χ1v) is 4.91. The lowest BCUT2D eigenvalue weighted by molar-refractivity contribution is 0.772. The molecule has 0 saturated carbocycles. The van der Waals surface area contributed by atoms with Gasteiger partial charge in [0.2, 0.25) is 0 Å². The highest BCUT2D eigenvalue weighted by molar-refractivity contribution is 7.99. The van der Waals surface area contributed by atoms with Crippen molar-refractivity contribution in [3.05, 3.63) is 19.6 Å². The molecule has 0 nitrogen and oxygen atoms in total. The molecule has 0 heterocycles. The Morgan fingerprint density at radius 3 is 2.80 bits per heavy atom. The summed E-state index contributed by atoms with van der Waals surface area (Å²) in [4.78, 5) is 0. The van der Waals surface area contributed by atoms with Gasteiger partial charge in [-0.1, -0.05) is 13.0 Å². The van der Waals surface area contributed by atoms with E-state index in [0.29, 0.717) is 5.25 Å². The third-order valence-electron chi connectivity index (χ3n) is 1.34. The van der Waals surface area contributed by atoms with Crippen LogP contribution in [0.2, 0.25) is 0 Å². The van der Waals surface area contributed by atoms with Gasteiger partial charge in [0.1, 0.15) is 0 Å². The predicted octanol–water partition coefficient (Wildman–Crippen LogP) is 3.30. The van der Waals surface area contributed by atoms with Gasteiger partial charge in [0.25, 0.3) is 0 Å². The zero-order valence-corrected chi connectivity index (χ0v) is 7.62. The number of rotatable bonds is 6. The molecule has 1 heteroatoms. The maximum absolute atomic E-state index is 4.03. The molecule has 0 N–H and O–H groups in total. The fourth-order valence-electron chi connectivity index (χ4n) is 0.809. The van der Waals surface area contributed by atoms with E-state index >= 15 is 0 Å². The molecule has 1 atom stereocenters. The van der Waals surface area contributed by atoms with E-state index in [1.165, 1.54) is 18.6 Å². The Hall–Kier alpha value is 0.0900. The summed E-state index contributed by atoms with van der Waals surface area (Å²) < 4.78 is 0. The van der Waals surface area contributed by atoms with E-state index in [1.807, 2.05) is 17.8 Å². The average molecular weight is 157 g/mol. The van der Waals surface area contributed by atoms with Crippen LogP contribution in [0.25, 0.3) is 0 Å². The van der Waals surface area contributed by atoms with Crippen molar-refractivity contribution >= 4 is 11.8 Å². The first-order valence-electron chi connectivity index (χ1n) is 3.86. The maximum Gasteiger partial charge on any atom is 0.00474 e. The fraction of sp³-hybridized carbons (Fsp3) is 0.667. The molecule has 0 amide bonds. The number of thioether (sulfide) groups is 1. The molecule has 1 unspecified atom stereocenters. The number of unbranched alkanes of at least 4 members (excludes halogenated alkanes) is 1. The minimum absolute atomic E-state index is 0.588. The van der Waals surface area contributed by atoms with E-state index < -0.39 is 0 Å². The Labute approximate surface area is 69.1 Å². The van der Waals surface area contributed by atoms with E-state index in [0.717, 1.165) is 6.42 Å². The lowest BCUT2D eigenvalue weighted by Crippen LogP contribution is -1.95. The molecule has 0 aromatic heterocycles. The Morgan fingerprint density at radius 1 is 1.60 bits per heavy atom. The van der Waals surface area contributed by atoms with Crippen molar-refractivity contribution in [3.8, 4) is 0 Å². The van der Waals surface area contributed by atoms with Gasteiger partial charge in [-0.2, -0.15) is 11.8 Å². The van der Waals surface area contributed by atoms with Crippen LogP contribution in [0, 0.1) is 6.92 Å². The van der Waals surface area contributed by atoms with Crippen LogP contribution in [0.3, 0.4) is 0 Å². The molecule has 0 aromatic rings. The van der Waals surface area contributed by atoms with Crippen LogP contribution in [0.15, 0.2) is 12.7 Å². The monoisotopic (exact) mass is 157 g/mol. The van der Waals surface area contributed by atoms with Crippen LogP contribution in [0.4, 0.5) is 0 Å². The molecule has 0 saturated heterocycles. The molecular formula is C9H17S. The van der Waals surface area contributed by atoms with Gasteiger partial charge in [0.15, 0.2) is 0 Å². The summed E-state index contributed by atoms with van der Waals surface area (Å²) in [5.41, 5.74) is 0. The lowest BCUT2D eigenvalue weighted by atomic mass is 10.2. The molecule has 0 aliphatic heterocycles. The molecular weight excluding hydrogens is 140 g/mol. The molecule has 0 rings (SSSR count). The van der Waals surface area contributed by atoms with Gasteiger partial charge in [-0.05, 0) is 31.9 Å². The van der Waals surface area contributed by atoms with Crippen molar-refractivity contribution in [1.82, 2.24) is 0 Å². The van der Waals surface area contributed by atoms with Gasteiger partial charge >= 0.3 is 0 Å². The number of hydrogen-bond acceptors (Lipinski definition) is 1. The number of hydrogen-bond donors (Lipinski definition) is 0. The molecule has 0 aliphatic carbocycles. The van der Waals surface area contributed by atoms with Gasteiger partial charge < -0.3 is 0 Å². The van der Waals surface area contributed by atoms with Crippen molar-refractivity contribution in [2.75, 3.05) is 5.75 Å². The van der Waals surface area contributed by atoms with Gasteiger partial charge in [-0.25, -0.2) is 0 Å². The lowest BCUT2D eigenvalue weighted by Gasteiger charge is -2.06. The Bertz CT molecular complexity index is 78.8. The van der Waals surface area contributed by atoms with Crippen LogP contribution in [0.1, 0.15) is 26.2 Å². The SMILES string of the molecule is [CH2]C(CCCC=C)SCC. The third kappa shape index (κ3) is 6.21. The minimum Gasteiger partial charge on any atom is -0.159 e. The second-order valence-corrected chi connectivity index (χ2v) is 3.87. The summed E-state index contributed by atoms with van der Waals surface area (Å²) in [5, 5.41) is 0.588. The first-order chi connectivity index (χ1) is 4.81. The fourth-order valence-corrected chi connectivity index (χ4v) is 1.61.